The van der Waals surface area contributed by atoms with E-state index in [1.807, 2.05) is 0 Å². The first-order valence-electron chi connectivity index (χ1n) is 10.1. The van der Waals surface area contributed by atoms with Crippen LogP contribution in [0.5, 0.6) is 0 Å². The molecule has 0 aromatic carbocycles. The summed E-state index contributed by atoms with van der Waals surface area (Å²) in [5.41, 5.74) is 0.633. The van der Waals surface area contributed by atoms with Gasteiger partial charge in [0.15, 0.2) is 11.5 Å². The third-order valence-electron chi connectivity index (χ3n) is 6.14. The second-order valence-electron chi connectivity index (χ2n) is 8.38. The molecule has 15 heteroatoms. The molecule has 1 unspecified atom stereocenters. The first-order valence-corrected chi connectivity index (χ1v) is 11.9. The number of rotatable bonds is 5. The van der Waals surface area contributed by atoms with Gasteiger partial charge in [-0.2, -0.15) is 19.8 Å². The number of aromatic nitrogens is 4. The Balaban J connectivity index is 1.37. The molecule has 0 spiro atoms. The minimum Gasteiger partial charge on any atom is -0.390 e. The normalized spacial score (nSPS) is 34.5. The number of hydrogen-bond donors (Lipinski definition) is 5. The number of hydrogen-bond acceptors (Lipinski definition) is 11. The molecule has 2 aromatic heterocycles. The molecule has 1 saturated carbocycles. The molecule has 4 heterocycles. The summed E-state index contributed by atoms with van der Waals surface area (Å²) in [5.74, 6) is -2.92. The van der Waals surface area contributed by atoms with Gasteiger partial charge in [-0.1, -0.05) is 0 Å². The van der Waals surface area contributed by atoms with Crippen LogP contribution < -0.4 is 4.90 Å². The van der Waals surface area contributed by atoms with Gasteiger partial charge in [-0.15, -0.1) is 0 Å². The molecule has 32 heavy (non-hydrogen) atoms. The molecule has 6 atom stereocenters. The number of anilines is 1. The lowest BCUT2D eigenvalue weighted by molar-refractivity contribution is -0.144. The SMILES string of the molecule is O[C@@H]1[C@H](O)[C@@H]2C(OC[P+](O)(O)O)[C@H]2O[C@H]1c1cnc2c(N3CCC(F)(F)CC3)ncnn12. The van der Waals surface area contributed by atoms with Crippen molar-refractivity contribution in [2.45, 2.75) is 49.3 Å². The van der Waals surface area contributed by atoms with Crippen LogP contribution in [0.15, 0.2) is 12.5 Å². The largest absolute Gasteiger partial charge is 0.431 e. The van der Waals surface area contributed by atoms with Crippen LogP contribution in [0.2, 0.25) is 0 Å². The van der Waals surface area contributed by atoms with E-state index < -0.39 is 56.7 Å². The van der Waals surface area contributed by atoms with Crippen LogP contribution in [-0.4, -0.2) is 94.3 Å². The maximum absolute atomic E-state index is 13.5. The van der Waals surface area contributed by atoms with Crippen LogP contribution in [-0.2, 0) is 9.47 Å². The van der Waals surface area contributed by atoms with Gasteiger partial charge in [0.05, 0.1) is 30.2 Å². The molecule has 176 valence electrons. The molecule has 3 fully saturated rings. The average Bonchev–Trinajstić information content (AvgIpc) is 3.26. The molecule has 12 nitrogen and oxygen atoms in total. The van der Waals surface area contributed by atoms with Crippen molar-refractivity contribution in [2.75, 3.05) is 24.3 Å². The zero-order valence-electron chi connectivity index (χ0n) is 16.6. The van der Waals surface area contributed by atoms with Gasteiger partial charge in [-0.05, 0) is 0 Å². The molecule has 5 rings (SSSR count). The van der Waals surface area contributed by atoms with E-state index in [9.17, 15) is 19.0 Å². The van der Waals surface area contributed by atoms with Crippen LogP contribution >= 0.6 is 7.94 Å². The second-order valence-corrected chi connectivity index (χ2v) is 10.0. The number of aliphatic hydroxyl groups excluding tert-OH is 2. The standard InChI is InChI=1S/C17H23F2N5O7P/c18-17(19)1-3-23(4-2-17)15-16-20-5-8(24(16)22-6-21-15)12-11(26)10(25)9-13(14(9)31-12)30-7-32(27,28)29/h5-6,9-14,25-29H,1-4,7H2/q+1/t9-,10-,11-,12+,13?,14+/m1/s1. The first-order chi connectivity index (χ1) is 15.1. The van der Waals surface area contributed by atoms with Gasteiger partial charge in [0.25, 0.3) is 5.92 Å². The topological polar surface area (TPSA) is 166 Å². The fourth-order valence-corrected chi connectivity index (χ4v) is 4.79. The Morgan fingerprint density at radius 2 is 1.88 bits per heavy atom. The summed E-state index contributed by atoms with van der Waals surface area (Å²) in [5, 5.41) is 25.3. The van der Waals surface area contributed by atoms with E-state index in [0.717, 1.165) is 0 Å². The van der Waals surface area contributed by atoms with Crippen LogP contribution in [0, 0.1) is 5.92 Å². The summed E-state index contributed by atoms with van der Waals surface area (Å²) in [6, 6.07) is 0. The number of fused-ring (bicyclic) bond motifs is 2. The molecule has 2 aromatic rings. The Hall–Kier alpha value is -1.64. The number of alkyl halides is 2. The van der Waals surface area contributed by atoms with Crippen LogP contribution in [0.1, 0.15) is 24.6 Å². The molecule has 2 saturated heterocycles. The van der Waals surface area contributed by atoms with Crippen molar-refractivity contribution < 1.29 is 43.1 Å². The van der Waals surface area contributed by atoms with Gasteiger partial charge >= 0.3 is 7.94 Å². The van der Waals surface area contributed by atoms with Crippen molar-refractivity contribution in [2.24, 2.45) is 5.92 Å². The van der Waals surface area contributed by atoms with Gasteiger partial charge in [-0.25, -0.2) is 23.3 Å². The van der Waals surface area contributed by atoms with Crippen molar-refractivity contribution in [1.82, 2.24) is 19.6 Å². The molecular weight excluding hydrogens is 455 g/mol. The summed E-state index contributed by atoms with van der Waals surface area (Å²) in [6.07, 6.45) is -3.60. The van der Waals surface area contributed by atoms with Crippen molar-refractivity contribution >= 4 is 19.4 Å². The predicted molar refractivity (Wildman–Crippen MR) is 104 cm³/mol. The smallest absolute Gasteiger partial charge is 0.390 e. The molecule has 0 radical (unpaired) electrons. The van der Waals surface area contributed by atoms with Crippen LogP contribution in [0.4, 0.5) is 14.6 Å². The Labute approximate surface area is 180 Å². The number of imidazole rings is 1. The number of aliphatic hydroxyl groups is 2. The Bertz CT molecular complexity index is 997. The van der Waals surface area contributed by atoms with Crippen LogP contribution in [0.3, 0.4) is 0 Å². The van der Waals surface area contributed by atoms with E-state index in [2.05, 4.69) is 15.1 Å². The Morgan fingerprint density at radius 3 is 2.56 bits per heavy atom. The predicted octanol–water partition coefficient (Wildman–Crippen LogP) is -0.767. The zero-order valence-corrected chi connectivity index (χ0v) is 17.5. The summed E-state index contributed by atoms with van der Waals surface area (Å²) >= 11 is 0. The Morgan fingerprint density at radius 1 is 1.16 bits per heavy atom. The van der Waals surface area contributed by atoms with Gasteiger partial charge in [0.2, 0.25) is 6.35 Å². The molecule has 3 aliphatic rings. The van der Waals surface area contributed by atoms with Gasteiger partial charge in [-0.3, -0.25) is 0 Å². The Kier molecular flexibility index (Phi) is 5.34. The highest BCUT2D eigenvalue weighted by Gasteiger charge is 2.64. The molecular formula is C17H23F2N5O7P+. The maximum Gasteiger partial charge on any atom is 0.431 e. The summed E-state index contributed by atoms with van der Waals surface area (Å²) < 4.78 is 39.6. The van der Waals surface area contributed by atoms with E-state index in [4.69, 9.17) is 24.2 Å². The van der Waals surface area contributed by atoms with Crippen molar-refractivity contribution in [1.29, 1.82) is 0 Å². The molecule has 1 aliphatic carbocycles. The lowest BCUT2D eigenvalue weighted by atomic mass is 9.99. The second kappa shape index (κ2) is 7.71. The van der Waals surface area contributed by atoms with Crippen molar-refractivity contribution in [3.63, 3.8) is 0 Å². The molecule has 0 bridgehead atoms. The minimum atomic E-state index is -4.15. The number of halogens is 2. The highest BCUT2D eigenvalue weighted by atomic mass is 31.2. The third kappa shape index (κ3) is 3.94. The van der Waals surface area contributed by atoms with E-state index >= 15 is 0 Å². The number of ether oxygens (including phenoxy) is 2. The quantitative estimate of drug-likeness (QED) is 0.343. The molecule has 2 aliphatic heterocycles. The van der Waals surface area contributed by atoms with E-state index in [-0.39, 0.29) is 25.9 Å². The van der Waals surface area contributed by atoms with Gasteiger partial charge in [0.1, 0.15) is 18.5 Å². The third-order valence-corrected chi connectivity index (χ3v) is 6.63. The van der Waals surface area contributed by atoms with E-state index in [1.165, 1.54) is 17.0 Å². The molecule has 0 amide bonds. The fraction of sp³-hybridized carbons (Fsp3) is 0.706. The number of nitrogens with zero attached hydrogens (tertiary/aromatic N) is 5. The number of piperidine rings is 1. The van der Waals surface area contributed by atoms with Gasteiger partial charge < -0.3 is 24.6 Å². The van der Waals surface area contributed by atoms with E-state index in [0.29, 0.717) is 17.2 Å². The monoisotopic (exact) mass is 478 g/mol. The highest BCUT2D eigenvalue weighted by Crippen LogP contribution is 2.53. The highest BCUT2D eigenvalue weighted by molar-refractivity contribution is 7.58. The first kappa shape index (κ1) is 22.2. The van der Waals surface area contributed by atoms with Crippen molar-refractivity contribution in [3.8, 4) is 0 Å². The van der Waals surface area contributed by atoms with Crippen molar-refractivity contribution in [3.05, 3.63) is 18.2 Å². The fourth-order valence-electron chi connectivity index (χ4n) is 4.41. The average molecular weight is 478 g/mol. The molecule has 5 N–H and O–H groups in total. The van der Waals surface area contributed by atoms with Gasteiger partial charge in [0, 0.05) is 31.8 Å². The minimum absolute atomic E-state index is 0.108. The maximum atomic E-state index is 13.5. The lowest BCUT2D eigenvalue weighted by Crippen LogP contribution is -2.41. The summed E-state index contributed by atoms with van der Waals surface area (Å²) in [7, 11) is -4.15. The lowest BCUT2D eigenvalue weighted by Gasteiger charge is -2.32. The summed E-state index contributed by atoms with van der Waals surface area (Å²) in [6.45, 7) is 0.216. The van der Waals surface area contributed by atoms with E-state index in [1.54, 1.807) is 4.90 Å². The summed E-state index contributed by atoms with van der Waals surface area (Å²) in [4.78, 5) is 37.5. The van der Waals surface area contributed by atoms with Crippen LogP contribution in [0.25, 0.3) is 5.65 Å². The zero-order chi connectivity index (χ0) is 22.8.